The van der Waals surface area contributed by atoms with Gasteiger partial charge in [0.2, 0.25) is 0 Å². The Morgan fingerprint density at radius 1 is 0.556 bits per heavy atom. The molecule has 0 spiro atoms. The molecule has 0 heterocycles. The van der Waals surface area contributed by atoms with Crippen LogP contribution in [0, 0.1) is 0 Å². The van der Waals surface area contributed by atoms with Gasteiger partial charge in [0.1, 0.15) is 0 Å². The Hall–Kier alpha value is 0.240. The largest absolute Gasteiger partial charge is 0.631 e. The van der Waals surface area contributed by atoms with Crippen LogP contribution in [0.5, 0.6) is 0 Å². The first-order chi connectivity index (χ1) is 3.46. The van der Waals surface area contributed by atoms with E-state index in [1.54, 1.807) is 0 Å². The average Bonchev–Trinajstić information content (AvgIpc) is 1.25. The van der Waals surface area contributed by atoms with E-state index >= 15 is 0 Å². The minimum Gasteiger partial charge on any atom is -0.402 e. The Balaban J connectivity index is -0.0000000720. The standard InChI is InChI=1S/2BH3O3.H2S/c2*2-1(3)4;/h2*2-4H;1H2. The van der Waals surface area contributed by atoms with Gasteiger partial charge in [-0.15, -0.1) is 0 Å². The third-order valence-electron chi connectivity index (χ3n) is 0. The normalized spacial score (nSPS) is 6.00. The molecule has 0 bridgehead atoms. The number of hydrogen-bond acceptors (Lipinski definition) is 6. The Morgan fingerprint density at radius 3 is 0.556 bits per heavy atom. The summed E-state index contributed by atoms with van der Waals surface area (Å²) in [6.07, 6.45) is 0. The van der Waals surface area contributed by atoms with Gasteiger partial charge in [-0.05, 0) is 0 Å². The van der Waals surface area contributed by atoms with Crippen LogP contribution in [0.4, 0.5) is 0 Å². The summed E-state index contributed by atoms with van der Waals surface area (Å²) in [4.78, 5) is 0. The fourth-order valence-corrected chi connectivity index (χ4v) is 0. The van der Waals surface area contributed by atoms with Gasteiger partial charge in [0.15, 0.2) is 0 Å². The summed E-state index contributed by atoms with van der Waals surface area (Å²) in [5.41, 5.74) is 0. The molecule has 0 radical (unpaired) electrons. The van der Waals surface area contributed by atoms with E-state index < -0.39 is 14.6 Å². The minimum atomic E-state index is -2.17. The maximum Gasteiger partial charge on any atom is 0.631 e. The van der Waals surface area contributed by atoms with Crippen molar-refractivity contribution in [2.45, 2.75) is 0 Å². The van der Waals surface area contributed by atoms with E-state index in [2.05, 4.69) is 0 Å². The fourth-order valence-electron chi connectivity index (χ4n) is 0. The lowest BCUT2D eigenvalue weighted by Crippen LogP contribution is -2.07. The molecule has 0 aromatic rings. The number of rotatable bonds is 0. The molecule has 0 saturated carbocycles. The summed E-state index contributed by atoms with van der Waals surface area (Å²) in [5.74, 6) is 0. The first kappa shape index (κ1) is 16.1. The highest BCUT2D eigenvalue weighted by Gasteiger charge is 1.93. The Morgan fingerprint density at radius 2 is 0.556 bits per heavy atom. The van der Waals surface area contributed by atoms with Gasteiger partial charge in [-0.3, -0.25) is 0 Å². The van der Waals surface area contributed by atoms with Crippen molar-refractivity contribution in [3.05, 3.63) is 0 Å². The van der Waals surface area contributed by atoms with E-state index in [0.29, 0.717) is 0 Å². The second-order valence-electron chi connectivity index (χ2n) is 0.693. The average molecular weight is 158 g/mol. The van der Waals surface area contributed by atoms with Gasteiger partial charge in [-0.2, -0.15) is 13.5 Å². The van der Waals surface area contributed by atoms with Crippen LogP contribution < -0.4 is 0 Å². The van der Waals surface area contributed by atoms with Crippen LogP contribution in [-0.2, 0) is 0 Å². The molecule has 0 unspecified atom stereocenters. The van der Waals surface area contributed by atoms with Crippen molar-refractivity contribution in [3.63, 3.8) is 0 Å². The third kappa shape index (κ3) is 5580. The van der Waals surface area contributed by atoms with Crippen LogP contribution in [0.1, 0.15) is 0 Å². The van der Waals surface area contributed by atoms with Gasteiger partial charge >= 0.3 is 14.6 Å². The van der Waals surface area contributed by atoms with Gasteiger partial charge in [0.05, 0.1) is 0 Å². The van der Waals surface area contributed by atoms with E-state index in [4.69, 9.17) is 30.1 Å². The molecule has 9 heteroatoms. The zero-order valence-corrected chi connectivity index (χ0v) is 5.34. The van der Waals surface area contributed by atoms with Crippen molar-refractivity contribution in [1.82, 2.24) is 0 Å². The highest BCUT2D eigenvalue weighted by atomic mass is 32.1. The molecule has 0 atom stereocenters. The first-order valence-corrected chi connectivity index (χ1v) is 1.55. The Labute approximate surface area is 59.2 Å². The molecule has 6 N–H and O–H groups in total. The highest BCUT2D eigenvalue weighted by molar-refractivity contribution is 7.59. The summed E-state index contributed by atoms with van der Waals surface area (Å²) in [7, 11) is -4.33. The topological polar surface area (TPSA) is 121 Å². The lowest BCUT2D eigenvalue weighted by Gasteiger charge is -1.69. The monoisotopic (exact) mass is 158 g/mol. The van der Waals surface area contributed by atoms with Crippen molar-refractivity contribution in [2.75, 3.05) is 0 Å². The van der Waals surface area contributed by atoms with E-state index in [9.17, 15) is 0 Å². The lowest BCUT2D eigenvalue weighted by atomic mass is 10.3. The first-order valence-electron chi connectivity index (χ1n) is 1.55. The molecule has 0 aliphatic carbocycles. The lowest BCUT2D eigenvalue weighted by molar-refractivity contribution is 0.276. The van der Waals surface area contributed by atoms with Crippen LogP contribution in [0.25, 0.3) is 0 Å². The molecule has 0 rings (SSSR count). The summed E-state index contributed by atoms with van der Waals surface area (Å²) in [6.45, 7) is 0. The quantitative estimate of drug-likeness (QED) is 0.200. The highest BCUT2D eigenvalue weighted by Crippen LogP contribution is 1.40. The molecule has 6 nitrogen and oxygen atoms in total. The molecule has 0 aliphatic heterocycles. The predicted octanol–water partition coefficient (Wildman–Crippen LogP) is -3.99. The predicted molar refractivity (Wildman–Crippen MR) is 35.2 cm³/mol. The Bertz CT molecular complexity index is 26.5. The van der Waals surface area contributed by atoms with E-state index in [1.807, 2.05) is 0 Å². The molecule has 0 saturated heterocycles. The molecule has 0 aromatic heterocycles. The fraction of sp³-hybridized carbons (Fsp3) is 0. The molecule has 0 amide bonds. The zero-order chi connectivity index (χ0) is 7.15. The zero-order valence-electron chi connectivity index (χ0n) is 4.34. The van der Waals surface area contributed by atoms with Gasteiger partial charge in [0, 0.05) is 0 Å². The summed E-state index contributed by atoms with van der Waals surface area (Å²) in [6, 6.07) is 0. The summed E-state index contributed by atoms with van der Waals surface area (Å²) >= 11 is 0. The van der Waals surface area contributed by atoms with Crippen molar-refractivity contribution < 1.29 is 30.1 Å². The Kier molecular flexibility index (Phi) is 19.9. The van der Waals surface area contributed by atoms with Crippen molar-refractivity contribution in [1.29, 1.82) is 0 Å². The smallest absolute Gasteiger partial charge is 0.402 e. The maximum absolute atomic E-state index is 7.17. The second-order valence-corrected chi connectivity index (χ2v) is 0.693. The number of hydrogen-bond donors (Lipinski definition) is 6. The van der Waals surface area contributed by atoms with Crippen molar-refractivity contribution in [2.24, 2.45) is 0 Å². The maximum atomic E-state index is 7.17. The van der Waals surface area contributed by atoms with Crippen LogP contribution >= 0.6 is 13.5 Å². The molecule has 0 fully saturated rings. The van der Waals surface area contributed by atoms with Crippen LogP contribution in [0.3, 0.4) is 0 Å². The van der Waals surface area contributed by atoms with Crippen LogP contribution in [0.2, 0.25) is 0 Å². The molecular formula is H8B2O6S. The van der Waals surface area contributed by atoms with E-state index in [0.717, 1.165) is 0 Å². The minimum absolute atomic E-state index is 0. The second kappa shape index (κ2) is 11.1. The molecule has 56 valence electrons. The van der Waals surface area contributed by atoms with Gasteiger partial charge < -0.3 is 30.1 Å². The van der Waals surface area contributed by atoms with Gasteiger partial charge in [-0.1, -0.05) is 0 Å². The summed E-state index contributed by atoms with van der Waals surface area (Å²) in [5, 5.41) is 43.0. The van der Waals surface area contributed by atoms with Gasteiger partial charge in [-0.25, -0.2) is 0 Å². The van der Waals surface area contributed by atoms with E-state index in [-0.39, 0.29) is 13.5 Å². The van der Waals surface area contributed by atoms with Crippen LogP contribution in [0.15, 0.2) is 0 Å². The van der Waals surface area contributed by atoms with Crippen molar-refractivity contribution >= 4 is 28.1 Å². The van der Waals surface area contributed by atoms with E-state index in [1.165, 1.54) is 0 Å². The molecular weight excluding hydrogens is 150 g/mol. The molecule has 0 aliphatic rings. The third-order valence-corrected chi connectivity index (χ3v) is 0. The van der Waals surface area contributed by atoms with Gasteiger partial charge in [0.25, 0.3) is 0 Å². The SMILES string of the molecule is OB(O)O.OB(O)O.S. The van der Waals surface area contributed by atoms with Crippen LogP contribution in [-0.4, -0.2) is 44.8 Å². The van der Waals surface area contributed by atoms with Crippen molar-refractivity contribution in [3.8, 4) is 0 Å². The summed E-state index contributed by atoms with van der Waals surface area (Å²) < 4.78 is 0. The molecule has 0 aromatic carbocycles. The molecule has 9 heavy (non-hydrogen) atoms.